The van der Waals surface area contributed by atoms with Crippen LogP contribution in [0, 0.1) is 11.8 Å². The number of piperidine rings is 1. The van der Waals surface area contributed by atoms with Crippen molar-refractivity contribution < 1.29 is 4.79 Å². The van der Waals surface area contributed by atoms with Gasteiger partial charge in [0.2, 0.25) is 5.91 Å². The first-order chi connectivity index (χ1) is 13.9. The van der Waals surface area contributed by atoms with Gasteiger partial charge in [-0.15, -0.1) is 0 Å². The molecule has 0 N–H and O–H groups in total. The topological polar surface area (TPSA) is 39.7 Å². The third-order valence-corrected chi connectivity index (χ3v) is 6.64. The number of amides is 1. The fourth-order valence-corrected chi connectivity index (χ4v) is 4.45. The number of rotatable bonds is 7. The lowest BCUT2D eigenvalue weighted by molar-refractivity contribution is -0.133. The molecule has 29 heavy (non-hydrogen) atoms. The maximum atomic E-state index is 12.5. The van der Waals surface area contributed by atoms with E-state index in [1.165, 1.54) is 12.8 Å². The number of nitrogens with zero attached hydrogens (tertiary/aromatic N) is 4. The van der Waals surface area contributed by atoms with Crippen LogP contribution in [0.2, 0.25) is 0 Å². The lowest BCUT2D eigenvalue weighted by Gasteiger charge is -2.36. The number of carbonyl (C=O) groups excluding carboxylic acids is 1. The highest BCUT2D eigenvalue weighted by Crippen LogP contribution is 2.25. The molecule has 0 unspecified atom stereocenters. The predicted molar refractivity (Wildman–Crippen MR) is 121 cm³/mol. The maximum Gasteiger partial charge on any atom is 0.222 e. The molecule has 0 aromatic carbocycles. The number of pyridine rings is 1. The number of anilines is 1. The van der Waals surface area contributed by atoms with Crippen LogP contribution in [0.1, 0.15) is 52.0 Å². The number of hydrogen-bond donors (Lipinski definition) is 0. The van der Waals surface area contributed by atoms with Crippen LogP contribution in [0.15, 0.2) is 24.9 Å². The standard InChI is InChI=1S/C24H38N4O/c1-19(2)21-9-12-28(13-10-21)24(29)6-5-11-26-14-16-27(17-15-26)23-8-7-22(18-25-23)20(3)4/h7-8,18-19,21H,3,5-6,9-17H2,1-2,4H3. The zero-order valence-corrected chi connectivity index (χ0v) is 18.6. The summed E-state index contributed by atoms with van der Waals surface area (Å²) in [6.07, 6.45) is 5.92. The largest absolute Gasteiger partial charge is 0.354 e. The summed E-state index contributed by atoms with van der Waals surface area (Å²) in [5.74, 6) is 2.94. The molecule has 0 bridgehead atoms. The molecule has 5 nitrogen and oxygen atoms in total. The molecule has 2 saturated heterocycles. The molecule has 160 valence electrons. The number of likely N-dealkylation sites (tertiary alicyclic amines) is 1. The Morgan fingerprint density at radius 1 is 1.14 bits per heavy atom. The molecule has 2 fully saturated rings. The van der Waals surface area contributed by atoms with Gasteiger partial charge in [-0.3, -0.25) is 9.69 Å². The second-order valence-corrected chi connectivity index (χ2v) is 9.08. The minimum Gasteiger partial charge on any atom is -0.354 e. The van der Waals surface area contributed by atoms with Gasteiger partial charge in [0.15, 0.2) is 0 Å². The third kappa shape index (κ3) is 6.05. The summed E-state index contributed by atoms with van der Waals surface area (Å²) in [5, 5.41) is 0. The van der Waals surface area contributed by atoms with Crippen LogP contribution in [0.4, 0.5) is 5.82 Å². The van der Waals surface area contributed by atoms with Crippen molar-refractivity contribution in [1.29, 1.82) is 0 Å². The quantitative estimate of drug-likeness (QED) is 0.698. The molecule has 0 radical (unpaired) electrons. The number of hydrogen-bond acceptors (Lipinski definition) is 4. The summed E-state index contributed by atoms with van der Waals surface area (Å²) in [7, 11) is 0. The molecule has 0 spiro atoms. The van der Waals surface area contributed by atoms with E-state index in [4.69, 9.17) is 0 Å². The van der Waals surface area contributed by atoms with E-state index in [-0.39, 0.29) is 0 Å². The van der Waals surface area contributed by atoms with Crippen LogP contribution >= 0.6 is 0 Å². The summed E-state index contributed by atoms with van der Waals surface area (Å²) in [6.45, 7) is 17.6. The monoisotopic (exact) mass is 398 g/mol. The molecule has 1 aromatic heterocycles. The first-order valence-electron chi connectivity index (χ1n) is 11.3. The van der Waals surface area contributed by atoms with Gasteiger partial charge in [0, 0.05) is 51.9 Å². The Balaban J connectivity index is 1.34. The normalized spacial score (nSPS) is 19.0. The average molecular weight is 399 g/mol. The first kappa shape index (κ1) is 21.8. The second-order valence-electron chi connectivity index (χ2n) is 9.08. The number of piperazine rings is 1. The SMILES string of the molecule is C=C(C)c1ccc(N2CCN(CCCC(=O)N3CCC(C(C)C)CC3)CC2)nc1. The van der Waals surface area contributed by atoms with Crippen LogP contribution in [0.3, 0.4) is 0 Å². The molecule has 3 heterocycles. The average Bonchev–Trinajstić information content (AvgIpc) is 2.74. The van der Waals surface area contributed by atoms with Gasteiger partial charge in [-0.1, -0.05) is 20.4 Å². The van der Waals surface area contributed by atoms with E-state index < -0.39 is 0 Å². The van der Waals surface area contributed by atoms with Gasteiger partial charge in [0.05, 0.1) is 0 Å². The van der Waals surface area contributed by atoms with Gasteiger partial charge in [-0.05, 0) is 67.8 Å². The van der Waals surface area contributed by atoms with Crippen LogP contribution < -0.4 is 4.90 Å². The molecule has 2 aliphatic heterocycles. The van der Waals surface area contributed by atoms with Crippen molar-refractivity contribution in [3.05, 3.63) is 30.5 Å². The summed E-state index contributed by atoms with van der Waals surface area (Å²) in [6, 6.07) is 4.20. The molecular weight excluding hydrogens is 360 g/mol. The Hall–Kier alpha value is -1.88. The van der Waals surface area contributed by atoms with E-state index in [0.29, 0.717) is 12.3 Å². The van der Waals surface area contributed by atoms with E-state index in [9.17, 15) is 4.79 Å². The molecule has 2 aliphatic rings. The van der Waals surface area contributed by atoms with Crippen LogP contribution in [0.5, 0.6) is 0 Å². The van der Waals surface area contributed by atoms with Gasteiger partial charge >= 0.3 is 0 Å². The molecule has 0 aliphatic carbocycles. The second kappa shape index (κ2) is 10.2. The molecule has 5 heteroatoms. The van der Waals surface area contributed by atoms with Crippen molar-refractivity contribution in [2.45, 2.75) is 46.5 Å². The van der Waals surface area contributed by atoms with Gasteiger partial charge < -0.3 is 9.80 Å². The Bertz CT molecular complexity index is 669. The lowest BCUT2D eigenvalue weighted by Crippen LogP contribution is -2.47. The number of allylic oxidation sites excluding steroid dienone is 1. The highest BCUT2D eigenvalue weighted by Gasteiger charge is 2.24. The molecule has 3 rings (SSSR count). The van der Waals surface area contributed by atoms with Crippen molar-refractivity contribution in [3.63, 3.8) is 0 Å². The summed E-state index contributed by atoms with van der Waals surface area (Å²) in [5.41, 5.74) is 2.15. The smallest absolute Gasteiger partial charge is 0.222 e. The fraction of sp³-hybridized carbons (Fsp3) is 0.667. The Morgan fingerprint density at radius 3 is 2.38 bits per heavy atom. The zero-order valence-electron chi connectivity index (χ0n) is 18.6. The van der Waals surface area contributed by atoms with Crippen molar-refractivity contribution in [1.82, 2.24) is 14.8 Å². The first-order valence-corrected chi connectivity index (χ1v) is 11.3. The lowest BCUT2D eigenvalue weighted by atomic mass is 9.86. The fourth-order valence-electron chi connectivity index (χ4n) is 4.45. The zero-order chi connectivity index (χ0) is 20.8. The maximum absolute atomic E-state index is 12.5. The van der Waals surface area contributed by atoms with Crippen LogP contribution in [-0.2, 0) is 4.79 Å². The highest BCUT2D eigenvalue weighted by molar-refractivity contribution is 5.76. The van der Waals surface area contributed by atoms with Gasteiger partial charge in [0.25, 0.3) is 0 Å². The summed E-state index contributed by atoms with van der Waals surface area (Å²) >= 11 is 0. The van der Waals surface area contributed by atoms with E-state index in [2.05, 4.69) is 52.2 Å². The Kier molecular flexibility index (Phi) is 7.70. The minimum atomic E-state index is 0.354. The Morgan fingerprint density at radius 2 is 1.83 bits per heavy atom. The molecular formula is C24H38N4O. The van der Waals surface area contributed by atoms with Crippen LogP contribution in [-0.4, -0.2) is 66.5 Å². The third-order valence-electron chi connectivity index (χ3n) is 6.64. The van der Waals surface area contributed by atoms with Gasteiger partial charge in [0.1, 0.15) is 5.82 Å². The summed E-state index contributed by atoms with van der Waals surface area (Å²) < 4.78 is 0. The molecule has 1 aromatic rings. The number of aromatic nitrogens is 1. The molecule has 0 saturated carbocycles. The van der Waals surface area contributed by atoms with Gasteiger partial charge in [-0.2, -0.15) is 0 Å². The van der Waals surface area contributed by atoms with E-state index >= 15 is 0 Å². The van der Waals surface area contributed by atoms with Crippen molar-refractivity contribution in [2.75, 3.05) is 50.7 Å². The van der Waals surface area contributed by atoms with Crippen LogP contribution in [0.25, 0.3) is 5.57 Å². The predicted octanol–water partition coefficient (Wildman–Crippen LogP) is 3.91. The van der Waals surface area contributed by atoms with E-state index in [1.807, 2.05) is 13.1 Å². The molecule has 0 atom stereocenters. The van der Waals surface area contributed by atoms with Crippen molar-refractivity contribution in [2.24, 2.45) is 11.8 Å². The number of carbonyl (C=O) groups is 1. The summed E-state index contributed by atoms with van der Waals surface area (Å²) in [4.78, 5) is 24.0. The Labute approximate surface area is 176 Å². The minimum absolute atomic E-state index is 0.354. The molecule has 1 amide bonds. The highest BCUT2D eigenvalue weighted by atomic mass is 16.2. The van der Waals surface area contributed by atoms with E-state index in [1.54, 1.807) is 0 Å². The van der Waals surface area contributed by atoms with Crippen molar-refractivity contribution in [3.8, 4) is 0 Å². The van der Waals surface area contributed by atoms with E-state index in [0.717, 1.165) is 81.0 Å². The van der Waals surface area contributed by atoms with Gasteiger partial charge in [-0.25, -0.2) is 4.98 Å². The van der Waals surface area contributed by atoms with Crippen molar-refractivity contribution >= 4 is 17.3 Å².